The Bertz CT molecular complexity index is 580. The predicted octanol–water partition coefficient (Wildman–Crippen LogP) is 3.77. The molecule has 0 N–H and O–H groups in total. The van der Waals surface area contributed by atoms with Crippen molar-refractivity contribution in [2.24, 2.45) is 0 Å². The quantitative estimate of drug-likeness (QED) is 0.638. The third-order valence-corrected chi connectivity index (χ3v) is 3.48. The molecular weight excluding hydrogens is 292 g/mol. The number of Topliss-reactive ketones (excluding diaryl/α,β-unsaturated/α-hetero) is 1. The average Bonchev–Trinajstić information content (AvgIpc) is 3.19. The summed E-state index contributed by atoms with van der Waals surface area (Å²) in [6, 6.07) is 17.1. The first-order valence-electron chi connectivity index (χ1n) is 5.76. The highest BCUT2D eigenvalue weighted by Gasteiger charge is 2.46. The van der Waals surface area contributed by atoms with Crippen LogP contribution in [0.15, 0.2) is 59.1 Å². The van der Waals surface area contributed by atoms with Crippen LogP contribution in [0.3, 0.4) is 0 Å². The number of hydrogen-bond donors (Lipinski definition) is 0. The van der Waals surface area contributed by atoms with Crippen molar-refractivity contribution < 1.29 is 9.53 Å². The minimum atomic E-state index is -0.332. The zero-order valence-electron chi connectivity index (χ0n) is 9.55. The molecule has 0 spiro atoms. The van der Waals surface area contributed by atoms with Crippen LogP contribution in [0.5, 0.6) is 0 Å². The van der Waals surface area contributed by atoms with Crippen LogP contribution in [-0.4, -0.2) is 11.9 Å². The molecule has 2 aromatic rings. The van der Waals surface area contributed by atoms with E-state index in [1.807, 2.05) is 54.6 Å². The van der Waals surface area contributed by atoms with E-state index in [9.17, 15) is 4.79 Å². The van der Waals surface area contributed by atoms with E-state index in [1.54, 1.807) is 0 Å². The molecule has 0 amide bonds. The highest BCUT2D eigenvalue weighted by atomic mass is 79.9. The van der Waals surface area contributed by atoms with Crippen molar-refractivity contribution >= 4 is 21.7 Å². The van der Waals surface area contributed by atoms with E-state index in [-0.39, 0.29) is 18.0 Å². The van der Waals surface area contributed by atoms with Crippen LogP contribution in [-0.2, 0) is 4.74 Å². The lowest BCUT2D eigenvalue weighted by molar-refractivity contribution is 0.0953. The van der Waals surface area contributed by atoms with Crippen molar-refractivity contribution in [3.8, 4) is 0 Å². The van der Waals surface area contributed by atoms with Gasteiger partial charge in [0.1, 0.15) is 6.10 Å². The number of carbonyl (C=O) groups is 1. The molecule has 1 fully saturated rings. The van der Waals surface area contributed by atoms with Gasteiger partial charge in [0.25, 0.3) is 0 Å². The number of hydrogen-bond acceptors (Lipinski definition) is 2. The van der Waals surface area contributed by atoms with Crippen LogP contribution in [0.4, 0.5) is 0 Å². The molecule has 1 saturated heterocycles. The van der Waals surface area contributed by atoms with Gasteiger partial charge in [0.2, 0.25) is 0 Å². The molecule has 90 valence electrons. The van der Waals surface area contributed by atoms with Crippen LogP contribution in [0.25, 0.3) is 0 Å². The maximum Gasteiger partial charge on any atom is 0.194 e. The average molecular weight is 303 g/mol. The van der Waals surface area contributed by atoms with Crippen molar-refractivity contribution in [1.82, 2.24) is 0 Å². The van der Waals surface area contributed by atoms with E-state index >= 15 is 0 Å². The summed E-state index contributed by atoms with van der Waals surface area (Å²) in [5, 5.41) is 0. The topological polar surface area (TPSA) is 29.6 Å². The predicted molar refractivity (Wildman–Crippen MR) is 72.5 cm³/mol. The Morgan fingerprint density at radius 3 is 2.56 bits per heavy atom. The van der Waals surface area contributed by atoms with E-state index in [4.69, 9.17) is 4.74 Å². The first-order chi connectivity index (χ1) is 8.75. The number of carbonyl (C=O) groups excluding carboxylic acids is 1. The van der Waals surface area contributed by atoms with Gasteiger partial charge in [0.05, 0.1) is 0 Å². The fraction of sp³-hybridized carbons (Fsp3) is 0.133. The molecule has 0 unspecified atom stereocenters. The van der Waals surface area contributed by atoms with Gasteiger partial charge in [-0.25, -0.2) is 0 Å². The number of epoxide rings is 1. The van der Waals surface area contributed by atoms with Gasteiger partial charge in [-0.1, -0.05) is 58.4 Å². The SMILES string of the molecule is O=C(c1ccccc1)[C@H]1O[C@@H]1c1cccc(Br)c1. The fourth-order valence-electron chi connectivity index (χ4n) is 2.02. The third kappa shape index (κ3) is 2.24. The molecule has 0 radical (unpaired) electrons. The Balaban J connectivity index is 1.77. The van der Waals surface area contributed by atoms with Gasteiger partial charge in [0.15, 0.2) is 11.9 Å². The minimum Gasteiger partial charge on any atom is -0.356 e. The van der Waals surface area contributed by atoms with E-state index in [0.29, 0.717) is 5.56 Å². The van der Waals surface area contributed by atoms with E-state index < -0.39 is 0 Å². The highest BCUT2D eigenvalue weighted by Crippen LogP contribution is 2.41. The largest absolute Gasteiger partial charge is 0.356 e. The molecule has 3 heteroatoms. The standard InChI is InChI=1S/C15H11BrO2/c16-12-8-4-7-11(9-12)14-15(18-14)13(17)10-5-2-1-3-6-10/h1-9,14-15H/t14-,15-/m1/s1. The molecule has 2 aromatic carbocycles. The van der Waals surface area contributed by atoms with Gasteiger partial charge in [-0.15, -0.1) is 0 Å². The molecule has 0 aromatic heterocycles. The second kappa shape index (κ2) is 4.67. The molecule has 3 rings (SSSR count). The first kappa shape index (κ1) is 11.6. The summed E-state index contributed by atoms with van der Waals surface area (Å²) in [4.78, 5) is 12.1. The smallest absolute Gasteiger partial charge is 0.194 e. The summed E-state index contributed by atoms with van der Waals surface area (Å²) in [5.41, 5.74) is 1.75. The summed E-state index contributed by atoms with van der Waals surface area (Å²) in [6.07, 6.45) is -0.433. The Kier molecular flexibility index (Phi) is 3.02. The normalized spacial score (nSPS) is 21.6. The Morgan fingerprint density at radius 2 is 1.83 bits per heavy atom. The maximum absolute atomic E-state index is 12.1. The number of halogens is 1. The van der Waals surface area contributed by atoms with Crippen LogP contribution in [0.2, 0.25) is 0 Å². The van der Waals surface area contributed by atoms with Gasteiger partial charge < -0.3 is 4.74 Å². The molecule has 2 atom stereocenters. The van der Waals surface area contributed by atoms with Crippen molar-refractivity contribution in [3.05, 3.63) is 70.2 Å². The Hall–Kier alpha value is -1.45. The molecule has 1 aliphatic heterocycles. The Labute approximate surface area is 114 Å². The zero-order chi connectivity index (χ0) is 12.5. The molecule has 1 heterocycles. The van der Waals surface area contributed by atoms with Gasteiger partial charge in [-0.2, -0.15) is 0 Å². The fourth-order valence-corrected chi connectivity index (χ4v) is 2.43. The molecular formula is C15H11BrO2. The summed E-state index contributed by atoms with van der Waals surface area (Å²) in [6.45, 7) is 0. The lowest BCUT2D eigenvalue weighted by Crippen LogP contribution is -2.07. The van der Waals surface area contributed by atoms with Crippen molar-refractivity contribution in [2.45, 2.75) is 12.2 Å². The number of rotatable bonds is 3. The lowest BCUT2D eigenvalue weighted by Gasteiger charge is -1.98. The summed E-state index contributed by atoms with van der Waals surface area (Å²) >= 11 is 3.42. The van der Waals surface area contributed by atoms with E-state index in [0.717, 1.165) is 10.0 Å². The first-order valence-corrected chi connectivity index (χ1v) is 6.55. The Morgan fingerprint density at radius 1 is 1.06 bits per heavy atom. The molecule has 2 nitrogen and oxygen atoms in total. The van der Waals surface area contributed by atoms with Crippen LogP contribution in [0.1, 0.15) is 22.0 Å². The number of ether oxygens (including phenoxy) is 1. The van der Waals surface area contributed by atoms with Gasteiger partial charge in [-0.3, -0.25) is 4.79 Å². The monoisotopic (exact) mass is 302 g/mol. The summed E-state index contributed by atoms with van der Waals surface area (Å²) in [7, 11) is 0. The lowest BCUT2D eigenvalue weighted by atomic mass is 10.0. The second-order valence-corrected chi connectivity index (χ2v) is 5.18. The van der Waals surface area contributed by atoms with Crippen molar-refractivity contribution in [3.63, 3.8) is 0 Å². The summed E-state index contributed by atoms with van der Waals surface area (Å²) in [5.74, 6) is 0.0561. The third-order valence-electron chi connectivity index (χ3n) is 2.99. The molecule has 0 saturated carbocycles. The molecule has 0 aliphatic carbocycles. The van der Waals surface area contributed by atoms with Crippen LogP contribution in [0, 0.1) is 0 Å². The minimum absolute atomic E-state index is 0.0561. The maximum atomic E-state index is 12.1. The molecule has 0 bridgehead atoms. The summed E-state index contributed by atoms with van der Waals surface area (Å²) < 4.78 is 6.51. The second-order valence-electron chi connectivity index (χ2n) is 4.26. The number of benzene rings is 2. The van der Waals surface area contributed by atoms with Crippen molar-refractivity contribution in [2.75, 3.05) is 0 Å². The number of ketones is 1. The van der Waals surface area contributed by atoms with Gasteiger partial charge in [-0.05, 0) is 17.7 Å². The highest BCUT2D eigenvalue weighted by molar-refractivity contribution is 9.10. The molecule has 18 heavy (non-hydrogen) atoms. The van der Waals surface area contributed by atoms with E-state index in [2.05, 4.69) is 15.9 Å². The van der Waals surface area contributed by atoms with Crippen LogP contribution >= 0.6 is 15.9 Å². The zero-order valence-corrected chi connectivity index (χ0v) is 11.1. The van der Waals surface area contributed by atoms with Crippen LogP contribution < -0.4 is 0 Å². The van der Waals surface area contributed by atoms with Gasteiger partial charge in [0, 0.05) is 10.0 Å². The van der Waals surface area contributed by atoms with E-state index in [1.165, 1.54) is 0 Å². The van der Waals surface area contributed by atoms with Gasteiger partial charge >= 0.3 is 0 Å². The molecule has 1 aliphatic rings. The van der Waals surface area contributed by atoms with Crippen molar-refractivity contribution in [1.29, 1.82) is 0 Å².